The average Bonchev–Trinajstić information content (AvgIpc) is 2.13. The number of allylic oxidation sites excluding steroid dienone is 4. The predicted octanol–water partition coefficient (Wildman–Crippen LogP) is 4.21. The van der Waals surface area contributed by atoms with Gasteiger partial charge in [0.15, 0.2) is 8.11 Å². The van der Waals surface area contributed by atoms with E-state index in [0.717, 1.165) is 0 Å². The molecule has 2 atom stereocenters. The molecule has 3 rings (SSSR count). The predicted molar refractivity (Wildman–Crippen MR) is 51.9 cm³/mol. The Morgan fingerprint density at radius 1 is 1.00 bits per heavy atom. The summed E-state index contributed by atoms with van der Waals surface area (Å²) in [6, 6.07) is 0.00180. The van der Waals surface area contributed by atoms with Gasteiger partial charge in [-0.25, -0.2) is 0 Å². The first-order valence-electron chi connectivity index (χ1n) is 4.70. The second-order valence-corrected chi connectivity index (χ2v) is 7.32. The van der Waals surface area contributed by atoms with Gasteiger partial charge in [0, 0.05) is 22.6 Å². The zero-order valence-electron chi connectivity index (χ0n) is 8.16. The molecule has 2 aliphatic heterocycles. The summed E-state index contributed by atoms with van der Waals surface area (Å²) < 4.78 is 76.2. The second-order valence-electron chi connectivity index (χ2n) is 3.94. The van der Waals surface area contributed by atoms with Crippen LogP contribution in [0.1, 0.15) is 0 Å². The van der Waals surface area contributed by atoms with Crippen LogP contribution in [0.25, 0.3) is 0 Å². The number of alkyl halides is 6. The van der Waals surface area contributed by atoms with Gasteiger partial charge < -0.3 is 0 Å². The van der Waals surface area contributed by atoms with E-state index in [2.05, 4.69) is 0 Å². The fourth-order valence-electron chi connectivity index (χ4n) is 2.27. The summed E-state index contributed by atoms with van der Waals surface area (Å²) in [6.45, 7) is 0. The van der Waals surface area contributed by atoms with Gasteiger partial charge in [-0.15, -0.1) is 0 Å². The second kappa shape index (κ2) is 3.78. The van der Waals surface area contributed by atoms with Crippen LogP contribution in [-0.2, 0) is 0 Å². The molecule has 0 saturated carbocycles. The van der Waals surface area contributed by atoms with Gasteiger partial charge in [0.2, 0.25) is 0 Å². The molecule has 0 aromatic carbocycles. The van der Waals surface area contributed by atoms with Gasteiger partial charge in [0.1, 0.15) is 0 Å². The minimum absolute atomic E-state index is 0.00180. The fourth-order valence-corrected chi connectivity index (χ4v) is 5.28. The molecule has 1 aliphatic carbocycles. The van der Waals surface area contributed by atoms with Crippen LogP contribution in [0.4, 0.5) is 26.3 Å². The smallest absolute Gasteiger partial charge is 0.168 e. The lowest BCUT2D eigenvalue weighted by Crippen LogP contribution is -2.40. The molecule has 2 heterocycles. The minimum Gasteiger partial charge on any atom is -0.168 e. The van der Waals surface area contributed by atoms with Gasteiger partial charge in [-0.05, 0) is 6.04 Å². The van der Waals surface area contributed by atoms with Crippen molar-refractivity contribution >= 4 is 19.2 Å². The SMILES string of the molecule is FC(F)(F)C1=C(C(F)(F)F)C2C=CC1C[Si]2Cl. The van der Waals surface area contributed by atoms with Gasteiger partial charge in [-0.1, -0.05) is 12.2 Å². The largest absolute Gasteiger partial charge is 0.413 e. The molecule has 2 bridgehead atoms. The van der Waals surface area contributed by atoms with Crippen molar-refractivity contribution in [1.82, 2.24) is 0 Å². The molecule has 0 saturated heterocycles. The summed E-state index contributed by atoms with van der Waals surface area (Å²) in [4.78, 5) is 0. The Morgan fingerprint density at radius 2 is 1.53 bits per heavy atom. The van der Waals surface area contributed by atoms with E-state index < -0.39 is 43.1 Å². The van der Waals surface area contributed by atoms with Gasteiger partial charge in [-0.2, -0.15) is 37.4 Å². The molecule has 95 valence electrons. The Hall–Kier alpha value is -0.433. The number of fused-ring (bicyclic) bond motifs is 1. The molecule has 0 amide bonds. The lowest BCUT2D eigenvalue weighted by Gasteiger charge is -2.39. The molecular weight excluding hydrogens is 286 g/mol. The molecule has 0 N–H and O–H groups in total. The third kappa shape index (κ3) is 2.14. The third-order valence-electron chi connectivity index (χ3n) is 2.87. The van der Waals surface area contributed by atoms with E-state index in [9.17, 15) is 26.3 Å². The van der Waals surface area contributed by atoms with Crippen molar-refractivity contribution in [3.8, 4) is 0 Å². The quantitative estimate of drug-likeness (QED) is 0.271. The third-order valence-corrected chi connectivity index (χ3v) is 6.03. The zero-order valence-corrected chi connectivity index (χ0v) is 9.92. The Bertz CT molecular complexity index is 393. The van der Waals surface area contributed by atoms with Crippen LogP contribution in [0.5, 0.6) is 0 Å². The first-order chi connectivity index (χ1) is 7.62. The first-order valence-corrected chi connectivity index (χ1v) is 7.50. The van der Waals surface area contributed by atoms with Gasteiger partial charge in [-0.3, -0.25) is 0 Å². The van der Waals surface area contributed by atoms with Crippen molar-refractivity contribution in [2.45, 2.75) is 23.9 Å². The topological polar surface area (TPSA) is 0 Å². The molecule has 3 aliphatic rings. The molecule has 0 fully saturated rings. The van der Waals surface area contributed by atoms with Crippen molar-refractivity contribution in [3.63, 3.8) is 0 Å². The van der Waals surface area contributed by atoms with Crippen molar-refractivity contribution in [2.75, 3.05) is 0 Å². The van der Waals surface area contributed by atoms with E-state index in [0.29, 0.717) is 0 Å². The van der Waals surface area contributed by atoms with Crippen molar-refractivity contribution < 1.29 is 26.3 Å². The molecular formula is C9H6ClF6Si. The normalized spacial score (nSPS) is 30.3. The standard InChI is InChI=1S/C9H6ClF6Si/c10-17-3-4-1-2-5(17)7(9(14,15)16)6(4)8(11,12)13/h1-2,4-5H,3H2. The molecule has 0 aromatic rings. The Balaban J connectivity index is 2.59. The highest BCUT2D eigenvalue weighted by Gasteiger charge is 2.56. The van der Waals surface area contributed by atoms with E-state index in [1.54, 1.807) is 0 Å². The zero-order chi connectivity index (χ0) is 13.0. The molecule has 1 radical (unpaired) electrons. The summed E-state index contributed by atoms with van der Waals surface area (Å²) in [5, 5.41) is 0. The fraction of sp³-hybridized carbons (Fsp3) is 0.556. The number of hydrogen-bond acceptors (Lipinski definition) is 0. The molecule has 17 heavy (non-hydrogen) atoms. The van der Waals surface area contributed by atoms with Crippen LogP contribution in [0, 0.1) is 5.92 Å². The van der Waals surface area contributed by atoms with Crippen LogP contribution in [0.15, 0.2) is 23.3 Å². The lowest BCUT2D eigenvalue weighted by molar-refractivity contribution is -0.121. The van der Waals surface area contributed by atoms with Crippen LogP contribution in [0.3, 0.4) is 0 Å². The van der Waals surface area contributed by atoms with E-state index in [-0.39, 0.29) is 6.04 Å². The molecule has 2 unspecified atom stereocenters. The van der Waals surface area contributed by atoms with Crippen molar-refractivity contribution in [3.05, 3.63) is 23.3 Å². The average molecular weight is 292 g/mol. The Kier molecular flexibility index (Phi) is 2.89. The number of rotatable bonds is 0. The maximum absolute atomic E-state index is 12.7. The van der Waals surface area contributed by atoms with Crippen LogP contribution in [-0.4, -0.2) is 20.5 Å². The van der Waals surface area contributed by atoms with Gasteiger partial charge >= 0.3 is 12.4 Å². The Labute approximate surface area is 99.2 Å². The minimum atomic E-state index is -4.97. The van der Waals surface area contributed by atoms with Gasteiger partial charge in [0.05, 0.1) is 0 Å². The number of hydrogen-bond donors (Lipinski definition) is 0. The van der Waals surface area contributed by atoms with E-state index in [1.807, 2.05) is 0 Å². The van der Waals surface area contributed by atoms with E-state index in [1.165, 1.54) is 12.2 Å². The first kappa shape index (κ1) is 13.0. The molecule has 8 heteroatoms. The molecule has 0 nitrogen and oxygen atoms in total. The summed E-state index contributed by atoms with van der Waals surface area (Å²) in [5.74, 6) is -1.23. The van der Waals surface area contributed by atoms with Crippen LogP contribution in [0.2, 0.25) is 11.6 Å². The highest BCUT2D eigenvalue weighted by atomic mass is 35.6. The molecule has 0 aromatic heterocycles. The lowest BCUT2D eigenvalue weighted by atomic mass is 9.86. The maximum atomic E-state index is 12.7. The van der Waals surface area contributed by atoms with Crippen LogP contribution < -0.4 is 0 Å². The monoisotopic (exact) mass is 291 g/mol. The van der Waals surface area contributed by atoms with Crippen LogP contribution >= 0.6 is 11.1 Å². The summed E-state index contributed by atoms with van der Waals surface area (Å²) in [7, 11) is -1.95. The summed E-state index contributed by atoms with van der Waals surface area (Å²) in [6.07, 6.45) is -7.55. The Morgan fingerprint density at radius 3 is 1.94 bits per heavy atom. The highest BCUT2D eigenvalue weighted by molar-refractivity contribution is 7.08. The molecule has 0 spiro atoms. The van der Waals surface area contributed by atoms with Crippen molar-refractivity contribution in [1.29, 1.82) is 0 Å². The number of halogens is 7. The van der Waals surface area contributed by atoms with Gasteiger partial charge in [0.25, 0.3) is 0 Å². The maximum Gasteiger partial charge on any atom is 0.413 e. The van der Waals surface area contributed by atoms with E-state index >= 15 is 0 Å². The summed E-state index contributed by atoms with van der Waals surface area (Å²) in [5.41, 5.74) is -4.22. The highest BCUT2D eigenvalue weighted by Crippen LogP contribution is 2.55. The van der Waals surface area contributed by atoms with Crippen molar-refractivity contribution in [2.24, 2.45) is 5.92 Å². The van der Waals surface area contributed by atoms with E-state index in [4.69, 9.17) is 11.1 Å². The summed E-state index contributed by atoms with van der Waals surface area (Å²) >= 11 is 5.78.